The van der Waals surface area contributed by atoms with E-state index in [0.29, 0.717) is 19.4 Å². The Hall–Kier alpha value is -1.92. The van der Waals surface area contributed by atoms with Crippen LogP contribution in [-0.4, -0.2) is 47.4 Å². The van der Waals surface area contributed by atoms with Crippen LogP contribution >= 0.6 is 0 Å². The number of aliphatic hydroxyl groups excluding tert-OH is 2. The van der Waals surface area contributed by atoms with Crippen LogP contribution in [0.2, 0.25) is 0 Å². The van der Waals surface area contributed by atoms with E-state index in [1.54, 1.807) is 6.08 Å². The van der Waals surface area contributed by atoms with Crippen molar-refractivity contribution in [3.63, 3.8) is 0 Å². The Balaban J connectivity index is 3.44. The number of carbonyl (C=O) groups is 2. The average molecular weight is 957 g/mol. The van der Waals surface area contributed by atoms with E-state index in [1.807, 2.05) is 6.08 Å². The summed E-state index contributed by atoms with van der Waals surface area (Å²) in [7, 11) is 0. The summed E-state index contributed by atoms with van der Waals surface area (Å²) >= 11 is 0. The summed E-state index contributed by atoms with van der Waals surface area (Å²) in [6, 6.07) is -0.631. The minimum absolute atomic E-state index is 0.0316. The first-order chi connectivity index (χ1) is 33.5. The zero-order valence-electron chi connectivity index (χ0n) is 45.6. The van der Waals surface area contributed by atoms with Crippen molar-refractivity contribution in [3.8, 4) is 0 Å². The molecular weight excluding hydrogens is 839 g/mol. The molecule has 0 saturated carbocycles. The molecule has 2 atom stereocenters. The standard InChI is InChI=1S/C62H117NO5/c1-3-5-7-9-11-13-15-17-18-19-26-29-32-36-40-44-48-52-56-62(67)68-57-53-49-45-41-37-33-30-27-24-22-20-21-23-25-28-31-35-39-43-47-51-55-61(66)63-59(58-64)60(65)54-50-46-42-38-34-16-14-12-10-8-6-4-2/h33,37,45,49-50,54,59-60,64-65H,3-32,34-36,38-44,46-48,51-53,55-58H2,1-2H3,(H,63,66)/b37-33-,49-45-,54-50+. The molecule has 2 unspecified atom stereocenters. The molecule has 0 radical (unpaired) electrons. The maximum Gasteiger partial charge on any atom is 0.305 e. The van der Waals surface area contributed by atoms with Gasteiger partial charge < -0.3 is 20.3 Å². The van der Waals surface area contributed by atoms with E-state index in [4.69, 9.17) is 4.74 Å². The Morgan fingerprint density at radius 1 is 0.412 bits per heavy atom. The van der Waals surface area contributed by atoms with Gasteiger partial charge in [-0.25, -0.2) is 0 Å². The Bertz CT molecular complexity index is 1100. The molecule has 0 spiro atoms. The summed E-state index contributed by atoms with van der Waals surface area (Å²) in [4.78, 5) is 24.5. The van der Waals surface area contributed by atoms with Crippen molar-refractivity contribution >= 4 is 11.9 Å². The highest BCUT2D eigenvalue weighted by Crippen LogP contribution is 2.17. The fourth-order valence-electron chi connectivity index (χ4n) is 9.30. The van der Waals surface area contributed by atoms with Crippen LogP contribution in [0.25, 0.3) is 0 Å². The average Bonchev–Trinajstić information content (AvgIpc) is 3.34. The molecule has 0 saturated heterocycles. The molecule has 6 heteroatoms. The third-order valence-corrected chi connectivity index (χ3v) is 13.9. The van der Waals surface area contributed by atoms with Gasteiger partial charge in [-0.05, 0) is 51.4 Å². The van der Waals surface area contributed by atoms with E-state index in [9.17, 15) is 19.8 Å². The Labute approximate surface area is 424 Å². The quantitative estimate of drug-likeness (QED) is 0.0321. The van der Waals surface area contributed by atoms with Crippen molar-refractivity contribution in [2.75, 3.05) is 13.2 Å². The van der Waals surface area contributed by atoms with Crippen LogP contribution in [0, 0.1) is 0 Å². The highest BCUT2D eigenvalue weighted by molar-refractivity contribution is 5.76. The maximum absolute atomic E-state index is 12.4. The molecule has 0 aliphatic carbocycles. The fourth-order valence-corrected chi connectivity index (χ4v) is 9.30. The number of hydrogen-bond donors (Lipinski definition) is 3. The minimum Gasteiger partial charge on any atom is -0.465 e. The molecule has 0 heterocycles. The van der Waals surface area contributed by atoms with Gasteiger partial charge in [-0.2, -0.15) is 0 Å². The number of nitrogens with one attached hydrogen (secondary N) is 1. The zero-order valence-corrected chi connectivity index (χ0v) is 45.6. The second-order valence-electron chi connectivity index (χ2n) is 20.7. The molecule has 1 amide bonds. The van der Waals surface area contributed by atoms with Gasteiger partial charge in [-0.1, -0.05) is 294 Å². The molecule has 0 bridgehead atoms. The van der Waals surface area contributed by atoms with Gasteiger partial charge in [0.25, 0.3) is 0 Å². The van der Waals surface area contributed by atoms with Gasteiger partial charge in [0.2, 0.25) is 5.91 Å². The van der Waals surface area contributed by atoms with Crippen LogP contribution in [0.1, 0.15) is 322 Å². The van der Waals surface area contributed by atoms with Crippen LogP contribution in [0.5, 0.6) is 0 Å². The van der Waals surface area contributed by atoms with Gasteiger partial charge in [0, 0.05) is 12.8 Å². The van der Waals surface area contributed by atoms with Gasteiger partial charge in [0.05, 0.1) is 25.4 Å². The number of allylic oxidation sites excluding steroid dienone is 4. The van der Waals surface area contributed by atoms with E-state index >= 15 is 0 Å². The summed E-state index contributed by atoms with van der Waals surface area (Å²) < 4.78 is 5.43. The molecular formula is C62H117NO5. The number of ether oxygens (including phenoxy) is 1. The molecule has 0 aliphatic heterocycles. The van der Waals surface area contributed by atoms with E-state index in [0.717, 1.165) is 51.4 Å². The van der Waals surface area contributed by atoms with Crippen molar-refractivity contribution in [1.29, 1.82) is 0 Å². The van der Waals surface area contributed by atoms with Crippen LogP contribution < -0.4 is 5.32 Å². The van der Waals surface area contributed by atoms with E-state index in [1.165, 1.54) is 244 Å². The molecule has 0 rings (SSSR count). The number of rotatable bonds is 56. The number of esters is 1. The summed E-state index contributed by atoms with van der Waals surface area (Å²) in [5, 5.41) is 23.0. The highest BCUT2D eigenvalue weighted by atomic mass is 16.5. The Kier molecular flexibility index (Phi) is 56.0. The molecule has 0 aromatic heterocycles. The summed E-state index contributed by atoms with van der Waals surface area (Å²) in [6.45, 7) is 4.80. The van der Waals surface area contributed by atoms with Gasteiger partial charge in [-0.3, -0.25) is 9.59 Å². The highest BCUT2D eigenvalue weighted by Gasteiger charge is 2.18. The molecule has 3 N–H and O–H groups in total. The van der Waals surface area contributed by atoms with Crippen LogP contribution in [0.4, 0.5) is 0 Å². The summed E-state index contributed by atoms with van der Waals surface area (Å²) in [5.41, 5.74) is 0. The molecule has 400 valence electrons. The third-order valence-electron chi connectivity index (χ3n) is 13.9. The van der Waals surface area contributed by atoms with Crippen molar-refractivity contribution in [2.45, 2.75) is 334 Å². The largest absolute Gasteiger partial charge is 0.465 e. The molecule has 68 heavy (non-hydrogen) atoms. The predicted octanol–water partition coefficient (Wildman–Crippen LogP) is 18.8. The first-order valence-corrected chi connectivity index (χ1v) is 30.3. The van der Waals surface area contributed by atoms with E-state index in [2.05, 4.69) is 43.5 Å². The topological polar surface area (TPSA) is 95.9 Å². The lowest BCUT2D eigenvalue weighted by atomic mass is 10.0. The maximum atomic E-state index is 12.4. The molecule has 6 nitrogen and oxygen atoms in total. The molecule has 0 aromatic rings. The van der Waals surface area contributed by atoms with E-state index < -0.39 is 12.1 Å². The van der Waals surface area contributed by atoms with Gasteiger partial charge in [-0.15, -0.1) is 0 Å². The molecule has 0 fully saturated rings. The fraction of sp³-hybridized carbons (Fsp3) is 0.871. The molecule has 0 aliphatic rings. The lowest BCUT2D eigenvalue weighted by Gasteiger charge is -2.20. The first kappa shape index (κ1) is 66.1. The smallest absolute Gasteiger partial charge is 0.305 e. The van der Waals surface area contributed by atoms with Crippen molar-refractivity contribution < 1.29 is 24.5 Å². The summed E-state index contributed by atoms with van der Waals surface area (Å²) in [5.74, 6) is -0.105. The number of aliphatic hydroxyl groups is 2. The van der Waals surface area contributed by atoms with Crippen molar-refractivity contribution in [2.24, 2.45) is 0 Å². The monoisotopic (exact) mass is 956 g/mol. The summed E-state index contributed by atoms with van der Waals surface area (Å²) in [6.07, 6.45) is 72.0. The first-order valence-electron chi connectivity index (χ1n) is 30.3. The van der Waals surface area contributed by atoms with Crippen LogP contribution in [-0.2, 0) is 14.3 Å². The van der Waals surface area contributed by atoms with Crippen LogP contribution in [0.3, 0.4) is 0 Å². The Morgan fingerprint density at radius 3 is 1.12 bits per heavy atom. The van der Waals surface area contributed by atoms with Crippen molar-refractivity contribution in [1.82, 2.24) is 5.32 Å². The second kappa shape index (κ2) is 57.7. The predicted molar refractivity (Wildman–Crippen MR) is 296 cm³/mol. The van der Waals surface area contributed by atoms with Gasteiger partial charge in [0.15, 0.2) is 0 Å². The lowest BCUT2D eigenvalue weighted by Crippen LogP contribution is -2.45. The number of carbonyl (C=O) groups excluding carboxylic acids is 2. The van der Waals surface area contributed by atoms with Crippen LogP contribution in [0.15, 0.2) is 36.5 Å². The van der Waals surface area contributed by atoms with E-state index in [-0.39, 0.29) is 18.5 Å². The Morgan fingerprint density at radius 2 is 0.735 bits per heavy atom. The third kappa shape index (κ3) is 53.4. The normalized spacial score (nSPS) is 12.8. The number of amides is 1. The van der Waals surface area contributed by atoms with Crippen molar-refractivity contribution in [3.05, 3.63) is 36.5 Å². The second-order valence-corrected chi connectivity index (χ2v) is 20.7. The number of hydrogen-bond acceptors (Lipinski definition) is 5. The number of unbranched alkanes of at least 4 members (excludes halogenated alkanes) is 41. The van der Waals surface area contributed by atoms with Gasteiger partial charge >= 0.3 is 5.97 Å². The minimum atomic E-state index is -0.847. The lowest BCUT2D eigenvalue weighted by molar-refractivity contribution is -0.143. The van der Waals surface area contributed by atoms with Gasteiger partial charge in [0.1, 0.15) is 0 Å². The zero-order chi connectivity index (χ0) is 49.3. The SMILES string of the molecule is CCCCCCCCCCCC/C=C/C(O)C(CO)NC(=O)CCCCCCCCCCCCCCCC/C=C\C/C=C\CCOC(=O)CCCCCCCCCCCCCCCCCCCC. The molecule has 0 aromatic carbocycles.